The third-order valence-corrected chi connectivity index (χ3v) is 5.52. The van der Waals surface area contributed by atoms with E-state index in [9.17, 15) is 5.11 Å². The van der Waals surface area contributed by atoms with Crippen molar-refractivity contribution in [1.29, 1.82) is 0 Å². The zero-order chi connectivity index (χ0) is 13.3. The van der Waals surface area contributed by atoms with Crippen molar-refractivity contribution in [2.45, 2.75) is 59.5 Å². The summed E-state index contributed by atoms with van der Waals surface area (Å²) in [6, 6.07) is 2.10. The van der Waals surface area contributed by atoms with Gasteiger partial charge in [0.15, 0.2) is 0 Å². The largest absolute Gasteiger partial charge is 0.388 e. The number of aryl methyl sites for hydroxylation is 1. The van der Waals surface area contributed by atoms with Crippen LogP contribution in [0.25, 0.3) is 0 Å². The van der Waals surface area contributed by atoms with Crippen LogP contribution in [0.1, 0.15) is 63.0 Å². The van der Waals surface area contributed by atoms with Crippen molar-refractivity contribution in [3.05, 3.63) is 21.9 Å². The molecular formula is C16H26OS. The maximum Gasteiger partial charge on any atom is 0.0828 e. The van der Waals surface area contributed by atoms with E-state index in [1.165, 1.54) is 36.1 Å². The molecule has 1 aliphatic rings. The van der Waals surface area contributed by atoms with Crippen molar-refractivity contribution < 1.29 is 5.11 Å². The fourth-order valence-corrected chi connectivity index (χ4v) is 4.00. The van der Waals surface area contributed by atoms with Gasteiger partial charge in [-0.05, 0) is 66.9 Å². The summed E-state index contributed by atoms with van der Waals surface area (Å²) >= 11 is 1.74. The average Bonchev–Trinajstić information content (AvgIpc) is 2.73. The van der Waals surface area contributed by atoms with Crippen LogP contribution in [0.2, 0.25) is 0 Å². The Labute approximate surface area is 115 Å². The fraction of sp³-hybridized carbons (Fsp3) is 0.750. The number of aliphatic hydroxyl groups is 1. The lowest BCUT2D eigenvalue weighted by Gasteiger charge is -2.38. The van der Waals surface area contributed by atoms with E-state index in [2.05, 4.69) is 39.1 Å². The third kappa shape index (κ3) is 2.97. The minimum absolute atomic E-state index is 0.239. The van der Waals surface area contributed by atoms with Gasteiger partial charge < -0.3 is 5.11 Å². The molecule has 0 saturated heterocycles. The maximum absolute atomic E-state index is 10.5. The number of hydrogen-bond donors (Lipinski definition) is 1. The fourth-order valence-electron chi connectivity index (χ4n) is 3.26. The molecule has 1 N–H and O–H groups in total. The van der Waals surface area contributed by atoms with E-state index in [1.807, 2.05) is 0 Å². The molecule has 1 unspecified atom stereocenters. The molecule has 1 heterocycles. The molecular weight excluding hydrogens is 240 g/mol. The molecule has 1 atom stereocenters. The number of thiophene rings is 1. The van der Waals surface area contributed by atoms with Crippen molar-refractivity contribution in [3.8, 4) is 0 Å². The summed E-state index contributed by atoms with van der Waals surface area (Å²) < 4.78 is 0. The molecule has 1 aromatic heterocycles. The first-order valence-electron chi connectivity index (χ1n) is 7.11. The molecule has 0 spiro atoms. The molecule has 1 aromatic rings. The minimum atomic E-state index is -0.239. The van der Waals surface area contributed by atoms with Crippen LogP contribution in [0.5, 0.6) is 0 Å². The van der Waals surface area contributed by atoms with Crippen molar-refractivity contribution in [2.24, 2.45) is 17.3 Å². The molecule has 0 bridgehead atoms. The number of rotatable bonds is 2. The average molecular weight is 266 g/mol. The Morgan fingerprint density at radius 3 is 2.28 bits per heavy atom. The van der Waals surface area contributed by atoms with E-state index in [1.54, 1.807) is 11.3 Å². The molecule has 1 saturated carbocycles. The summed E-state index contributed by atoms with van der Waals surface area (Å²) in [4.78, 5) is 1.28. The molecule has 1 fully saturated rings. The Kier molecular flexibility index (Phi) is 4.18. The molecule has 0 aromatic carbocycles. The van der Waals surface area contributed by atoms with Crippen LogP contribution in [0.4, 0.5) is 0 Å². The van der Waals surface area contributed by atoms with Gasteiger partial charge in [-0.2, -0.15) is 0 Å². The molecule has 2 rings (SSSR count). The zero-order valence-corrected chi connectivity index (χ0v) is 12.9. The molecule has 2 heteroatoms. The van der Waals surface area contributed by atoms with Gasteiger partial charge in [0.25, 0.3) is 0 Å². The van der Waals surface area contributed by atoms with Crippen molar-refractivity contribution in [2.75, 3.05) is 0 Å². The third-order valence-electron chi connectivity index (χ3n) is 4.66. The first-order chi connectivity index (χ1) is 8.39. The highest BCUT2D eigenvalue weighted by Crippen LogP contribution is 2.44. The van der Waals surface area contributed by atoms with Crippen LogP contribution in [0.3, 0.4) is 0 Å². The van der Waals surface area contributed by atoms with E-state index >= 15 is 0 Å². The van der Waals surface area contributed by atoms with Gasteiger partial charge in [0.05, 0.1) is 6.10 Å². The highest BCUT2D eigenvalue weighted by molar-refractivity contribution is 7.10. The number of aliphatic hydroxyl groups excluding tert-OH is 1. The second kappa shape index (κ2) is 5.34. The smallest absolute Gasteiger partial charge is 0.0828 e. The summed E-state index contributed by atoms with van der Waals surface area (Å²) in [6.07, 6.45) is 4.66. The lowest BCUT2D eigenvalue weighted by molar-refractivity contribution is 0.0527. The van der Waals surface area contributed by atoms with Gasteiger partial charge in [0.1, 0.15) is 0 Å². The first-order valence-corrected chi connectivity index (χ1v) is 7.99. The van der Waals surface area contributed by atoms with Crippen molar-refractivity contribution in [1.82, 2.24) is 0 Å². The van der Waals surface area contributed by atoms with Crippen LogP contribution in [0, 0.1) is 24.2 Å². The quantitative estimate of drug-likeness (QED) is 0.803. The molecule has 0 amide bonds. The van der Waals surface area contributed by atoms with Crippen LogP contribution in [0.15, 0.2) is 11.4 Å². The van der Waals surface area contributed by atoms with Gasteiger partial charge in [-0.3, -0.25) is 0 Å². The van der Waals surface area contributed by atoms with Crippen molar-refractivity contribution >= 4 is 11.3 Å². The number of hydrogen-bond acceptors (Lipinski definition) is 2. The van der Waals surface area contributed by atoms with Gasteiger partial charge in [-0.15, -0.1) is 11.3 Å². The van der Waals surface area contributed by atoms with E-state index in [0.29, 0.717) is 11.3 Å². The normalized spacial score (nSPS) is 27.2. The Morgan fingerprint density at radius 2 is 1.83 bits per heavy atom. The topological polar surface area (TPSA) is 20.2 Å². The first kappa shape index (κ1) is 14.1. The van der Waals surface area contributed by atoms with Crippen LogP contribution < -0.4 is 0 Å². The maximum atomic E-state index is 10.5. The van der Waals surface area contributed by atoms with E-state index in [-0.39, 0.29) is 6.10 Å². The Bertz CT molecular complexity index is 380. The van der Waals surface area contributed by atoms with Gasteiger partial charge in [-0.25, -0.2) is 0 Å². The summed E-state index contributed by atoms with van der Waals surface area (Å²) in [5.74, 6) is 1.29. The molecule has 0 aliphatic heterocycles. The SMILES string of the molecule is Cc1sccc1C(O)C1CCC(C(C)(C)C)CC1. The van der Waals surface area contributed by atoms with Gasteiger partial charge in [0, 0.05) is 4.88 Å². The Morgan fingerprint density at radius 1 is 1.22 bits per heavy atom. The van der Waals surface area contributed by atoms with Gasteiger partial charge in [-0.1, -0.05) is 20.8 Å². The standard InChI is InChI=1S/C16H26OS/c1-11-14(9-10-18-11)15(17)12-5-7-13(8-6-12)16(2,3)4/h9-10,12-13,15,17H,5-8H2,1-4H3. The van der Waals surface area contributed by atoms with E-state index in [0.717, 1.165) is 5.92 Å². The zero-order valence-electron chi connectivity index (χ0n) is 12.1. The summed E-state index contributed by atoms with van der Waals surface area (Å²) in [5.41, 5.74) is 1.59. The lowest BCUT2D eigenvalue weighted by Crippen LogP contribution is -2.28. The minimum Gasteiger partial charge on any atom is -0.388 e. The van der Waals surface area contributed by atoms with Gasteiger partial charge in [0.2, 0.25) is 0 Å². The van der Waals surface area contributed by atoms with E-state index in [4.69, 9.17) is 0 Å². The highest BCUT2D eigenvalue weighted by Gasteiger charge is 2.33. The second-order valence-electron chi connectivity index (χ2n) is 6.85. The van der Waals surface area contributed by atoms with E-state index < -0.39 is 0 Å². The molecule has 102 valence electrons. The Balaban J connectivity index is 1.96. The second-order valence-corrected chi connectivity index (χ2v) is 7.97. The predicted molar refractivity (Wildman–Crippen MR) is 78.9 cm³/mol. The monoisotopic (exact) mass is 266 g/mol. The molecule has 0 radical (unpaired) electrons. The van der Waals surface area contributed by atoms with Crippen LogP contribution in [-0.2, 0) is 0 Å². The summed E-state index contributed by atoms with van der Waals surface area (Å²) in [5, 5.41) is 12.6. The Hall–Kier alpha value is -0.340. The predicted octanol–water partition coefficient (Wildman–Crippen LogP) is 4.94. The molecule has 18 heavy (non-hydrogen) atoms. The summed E-state index contributed by atoms with van der Waals surface area (Å²) in [7, 11) is 0. The van der Waals surface area contributed by atoms with Crippen LogP contribution in [-0.4, -0.2) is 5.11 Å². The highest BCUT2D eigenvalue weighted by atomic mass is 32.1. The van der Waals surface area contributed by atoms with Crippen LogP contribution >= 0.6 is 11.3 Å². The molecule has 1 nitrogen and oxygen atoms in total. The van der Waals surface area contributed by atoms with Crippen molar-refractivity contribution in [3.63, 3.8) is 0 Å². The molecule has 1 aliphatic carbocycles. The lowest BCUT2D eigenvalue weighted by atomic mass is 9.68. The van der Waals surface area contributed by atoms with Gasteiger partial charge >= 0.3 is 0 Å². The summed E-state index contributed by atoms with van der Waals surface area (Å²) in [6.45, 7) is 9.15.